The first kappa shape index (κ1) is 16.6. The van der Waals surface area contributed by atoms with E-state index in [0.29, 0.717) is 5.56 Å². The predicted molar refractivity (Wildman–Crippen MR) is 91.4 cm³/mol. The van der Waals surface area contributed by atoms with Crippen LogP contribution in [-0.4, -0.2) is 0 Å². The third kappa shape index (κ3) is 4.88. The third-order valence-electron chi connectivity index (χ3n) is 3.05. The number of benzene rings is 1. The van der Waals surface area contributed by atoms with Crippen LogP contribution in [0.15, 0.2) is 91.1 Å². The van der Waals surface area contributed by atoms with Gasteiger partial charge in [-0.05, 0) is 36.6 Å². The highest BCUT2D eigenvalue weighted by Crippen LogP contribution is 2.21. The van der Waals surface area contributed by atoms with E-state index in [1.807, 2.05) is 56.4 Å². The van der Waals surface area contributed by atoms with Crippen LogP contribution in [0.3, 0.4) is 0 Å². The Labute approximate surface area is 127 Å². The van der Waals surface area contributed by atoms with Crippen molar-refractivity contribution in [3.8, 4) is 0 Å². The lowest BCUT2D eigenvalue weighted by atomic mass is 10.0. The second-order valence-electron chi connectivity index (χ2n) is 4.42. The number of allylic oxidation sites excluding steroid dienone is 10. The minimum atomic E-state index is -0.223. The van der Waals surface area contributed by atoms with E-state index in [2.05, 4.69) is 13.2 Å². The molecule has 0 saturated heterocycles. The van der Waals surface area contributed by atoms with Crippen molar-refractivity contribution in [2.24, 2.45) is 0 Å². The van der Waals surface area contributed by atoms with Gasteiger partial charge in [-0.25, -0.2) is 4.39 Å². The number of hydrogen-bond donors (Lipinski definition) is 0. The molecule has 0 aliphatic rings. The molecule has 0 aliphatic heterocycles. The summed E-state index contributed by atoms with van der Waals surface area (Å²) in [5, 5.41) is 0. The van der Waals surface area contributed by atoms with Crippen LogP contribution in [-0.2, 0) is 0 Å². The van der Waals surface area contributed by atoms with Gasteiger partial charge in [-0.1, -0.05) is 73.9 Å². The summed E-state index contributed by atoms with van der Waals surface area (Å²) in [5.41, 5.74) is 3.30. The predicted octanol–water partition coefficient (Wildman–Crippen LogP) is 6.03. The first-order chi connectivity index (χ1) is 10.1. The molecule has 108 valence electrons. The maximum Gasteiger partial charge on any atom is 0.131 e. The number of hydrogen-bond acceptors (Lipinski definition) is 0. The Bertz CT molecular complexity index is 625. The van der Waals surface area contributed by atoms with Gasteiger partial charge in [-0.15, -0.1) is 0 Å². The molecule has 0 fully saturated rings. The minimum Gasteiger partial charge on any atom is -0.206 e. The topological polar surface area (TPSA) is 0 Å². The molecule has 0 atom stereocenters. The van der Waals surface area contributed by atoms with Crippen molar-refractivity contribution < 1.29 is 4.39 Å². The Kier molecular flexibility index (Phi) is 6.90. The van der Waals surface area contributed by atoms with Crippen LogP contribution < -0.4 is 0 Å². The van der Waals surface area contributed by atoms with Crippen LogP contribution in [0.2, 0.25) is 0 Å². The van der Waals surface area contributed by atoms with Gasteiger partial charge in [0.1, 0.15) is 5.82 Å². The normalized spacial score (nSPS) is 13.1. The lowest BCUT2D eigenvalue weighted by Crippen LogP contribution is -1.87. The minimum absolute atomic E-state index is 0.223. The zero-order valence-corrected chi connectivity index (χ0v) is 12.6. The van der Waals surface area contributed by atoms with E-state index in [4.69, 9.17) is 0 Å². The Morgan fingerprint density at radius 1 is 1.05 bits per heavy atom. The fourth-order valence-electron chi connectivity index (χ4n) is 1.88. The highest BCUT2D eigenvalue weighted by Gasteiger charge is 2.03. The smallest absolute Gasteiger partial charge is 0.131 e. The highest BCUT2D eigenvalue weighted by molar-refractivity contribution is 5.75. The summed E-state index contributed by atoms with van der Waals surface area (Å²) in [4.78, 5) is 0. The Morgan fingerprint density at radius 3 is 2.33 bits per heavy atom. The van der Waals surface area contributed by atoms with E-state index in [-0.39, 0.29) is 5.82 Å². The molecule has 1 aromatic carbocycles. The molecular weight excluding hydrogens is 259 g/mol. The number of rotatable bonds is 6. The van der Waals surface area contributed by atoms with Crippen LogP contribution in [0.5, 0.6) is 0 Å². The summed E-state index contributed by atoms with van der Waals surface area (Å²) < 4.78 is 13.8. The lowest BCUT2D eigenvalue weighted by Gasteiger charge is -2.05. The molecule has 0 amide bonds. The van der Waals surface area contributed by atoms with E-state index in [1.165, 1.54) is 6.07 Å². The van der Waals surface area contributed by atoms with E-state index in [9.17, 15) is 4.39 Å². The van der Waals surface area contributed by atoms with Crippen molar-refractivity contribution in [3.05, 3.63) is 102 Å². The average Bonchev–Trinajstić information content (AvgIpc) is 2.50. The van der Waals surface area contributed by atoms with Crippen LogP contribution in [0, 0.1) is 5.82 Å². The van der Waals surface area contributed by atoms with Gasteiger partial charge < -0.3 is 0 Å². The molecule has 0 spiro atoms. The van der Waals surface area contributed by atoms with Crippen molar-refractivity contribution in [1.82, 2.24) is 0 Å². The third-order valence-corrected chi connectivity index (χ3v) is 3.05. The van der Waals surface area contributed by atoms with Gasteiger partial charge in [0.25, 0.3) is 0 Å². The SMILES string of the molecule is C=C/C=C\C(=C/C)C(=C)/C=C\C(=C/C)c1ccccc1F. The van der Waals surface area contributed by atoms with E-state index in [1.54, 1.807) is 18.2 Å². The number of halogens is 1. The zero-order chi connectivity index (χ0) is 15.7. The molecule has 0 nitrogen and oxygen atoms in total. The quantitative estimate of drug-likeness (QED) is 0.558. The van der Waals surface area contributed by atoms with Gasteiger partial charge in [0, 0.05) is 5.56 Å². The monoisotopic (exact) mass is 280 g/mol. The van der Waals surface area contributed by atoms with Crippen molar-refractivity contribution in [2.75, 3.05) is 0 Å². The summed E-state index contributed by atoms with van der Waals surface area (Å²) in [7, 11) is 0. The molecule has 0 bridgehead atoms. The molecule has 0 unspecified atom stereocenters. The van der Waals surface area contributed by atoms with Crippen LogP contribution in [0.4, 0.5) is 4.39 Å². The largest absolute Gasteiger partial charge is 0.206 e. The Morgan fingerprint density at radius 2 is 1.76 bits per heavy atom. The van der Waals surface area contributed by atoms with Crippen LogP contribution in [0.1, 0.15) is 19.4 Å². The van der Waals surface area contributed by atoms with E-state index >= 15 is 0 Å². The first-order valence-corrected chi connectivity index (χ1v) is 6.88. The second kappa shape index (κ2) is 8.70. The molecule has 0 radical (unpaired) electrons. The lowest BCUT2D eigenvalue weighted by molar-refractivity contribution is 0.624. The van der Waals surface area contributed by atoms with Crippen molar-refractivity contribution in [3.63, 3.8) is 0 Å². The molecule has 1 rings (SSSR count). The summed E-state index contributed by atoms with van der Waals surface area (Å²) in [6, 6.07) is 6.75. The van der Waals surface area contributed by atoms with Gasteiger partial charge in [0.15, 0.2) is 0 Å². The maximum absolute atomic E-state index is 13.8. The summed E-state index contributed by atoms with van der Waals surface area (Å²) in [6.45, 7) is 11.5. The fraction of sp³-hybridized carbons (Fsp3) is 0.100. The summed E-state index contributed by atoms with van der Waals surface area (Å²) >= 11 is 0. The highest BCUT2D eigenvalue weighted by atomic mass is 19.1. The summed E-state index contributed by atoms with van der Waals surface area (Å²) in [6.07, 6.45) is 13.2. The molecule has 1 heteroatoms. The van der Waals surface area contributed by atoms with Gasteiger partial charge in [0.05, 0.1) is 0 Å². The van der Waals surface area contributed by atoms with Gasteiger partial charge in [0.2, 0.25) is 0 Å². The molecular formula is C20H21F. The molecule has 21 heavy (non-hydrogen) atoms. The van der Waals surface area contributed by atoms with Gasteiger partial charge in [-0.3, -0.25) is 0 Å². The average molecular weight is 280 g/mol. The Balaban J connectivity index is 2.97. The first-order valence-electron chi connectivity index (χ1n) is 6.88. The molecule has 0 N–H and O–H groups in total. The summed E-state index contributed by atoms with van der Waals surface area (Å²) in [5.74, 6) is -0.223. The van der Waals surface area contributed by atoms with E-state index < -0.39 is 0 Å². The van der Waals surface area contributed by atoms with Crippen LogP contribution in [0.25, 0.3) is 5.57 Å². The van der Waals surface area contributed by atoms with Crippen molar-refractivity contribution >= 4 is 5.57 Å². The zero-order valence-electron chi connectivity index (χ0n) is 12.6. The van der Waals surface area contributed by atoms with Crippen molar-refractivity contribution in [1.29, 1.82) is 0 Å². The van der Waals surface area contributed by atoms with Crippen molar-refractivity contribution in [2.45, 2.75) is 13.8 Å². The Hall–Kier alpha value is -2.41. The van der Waals surface area contributed by atoms with E-state index in [0.717, 1.165) is 16.7 Å². The molecule has 0 aromatic heterocycles. The van der Waals surface area contributed by atoms with Gasteiger partial charge >= 0.3 is 0 Å². The molecule has 0 saturated carbocycles. The standard InChI is InChI=1S/C20H21F/c1-5-8-11-17(6-2)16(4)14-15-18(7-3)19-12-9-10-13-20(19)21/h5-15H,1,4H2,2-3H3/b11-8-,15-14-,17-6+,18-7+. The molecule has 1 aromatic rings. The van der Waals surface area contributed by atoms with Gasteiger partial charge in [-0.2, -0.15) is 0 Å². The molecule has 0 heterocycles. The molecule has 0 aliphatic carbocycles. The maximum atomic E-state index is 13.8. The fourth-order valence-corrected chi connectivity index (χ4v) is 1.88. The van der Waals surface area contributed by atoms with Crippen LogP contribution >= 0.6 is 0 Å². The second-order valence-corrected chi connectivity index (χ2v) is 4.42.